The zero-order chi connectivity index (χ0) is 18.0. The van der Waals surface area contributed by atoms with E-state index in [-0.39, 0.29) is 41.2 Å². The number of rotatable bonds is 4. The van der Waals surface area contributed by atoms with Crippen molar-refractivity contribution in [3.05, 3.63) is 28.3 Å². The molecule has 0 N–H and O–H groups in total. The second kappa shape index (κ2) is 7.17. The van der Waals surface area contributed by atoms with Gasteiger partial charge in [-0.3, -0.25) is 14.5 Å². The molecule has 9 heteroatoms. The van der Waals surface area contributed by atoms with E-state index in [0.717, 1.165) is 0 Å². The van der Waals surface area contributed by atoms with E-state index < -0.39 is 9.84 Å². The van der Waals surface area contributed by atoms with Gasteiger partial charge in [0.05, 0.1) is 11.5 Å². The molecular weight excluding hydrogens is 348 g/mol. The van der Waals surface area contributed by atoms with Crippen LogP contribution in [-0.2, 0) is 14.6 Å². The van der Waals surface area contributed by atoms with E-state index in [1.165, 1.54) is 12.3 Å². The standard InChI is InChI=1S/C16H22N2O6S/c1-12-8-14(19)15(9-23-12)24-10-16(20)18-5-3-17(4-6-18)13-2-7-25(21,22)11-13/h8-9,13H,2-7,10-11H2,1H3/t13-/m1/s1. The predicted molar refractivity (Wildman–Crippen MR) is 90.4 cm³/mol. The maximum absolute atomic E-state index is 12.2. The second-order valence-electron chi connectivity index (χ2n) is 6.48. The van der Waals surface area contributed by atoms with Gasteiger partial charge in [-0.05, 0) is 13.3 Å². The van der Waals surface area contributed by atoms with Gasteiger partial charge >= 0.3 is 0 Å². The molecule has 2 aliphatic heterocycles. The molecule has 1 aromatic rings. The van der Waals surface area contributed by atoms with Crippen LogP contribution >= 0.6 is 0 Å². The zero-order valence-electron chi connectivity index (χ0n) is 14.1. The Morgan fingerprint density at radius 2 is 2.04 bits per heavy atom. The number of nitrogens with zero attached hydrogens (tertiary/aromatic N) is 2. The van der Waals surface area contributed by atoms with Gasteiger partial charge in [-0.25, -0.2) is 8.42 Å². The number of piperazine rings is 1. The molecule has 0 spiro atoms. The summed E-state index contributed by atoms with van der Waals surface area (Å²) in [4.78, 5) is 27.8. The highest BCUT2D eigenvalue weighted by Crippen LogP contribution is 2.19. The third-order valence-corrected chi connectivity index (χ3v) is 6.42. The summed E-state index contributed by atoms with van der Waals surface area (Å²) in [5, 5.41) is 0. The molecule has 0 bridgehead atoms. The number of carbonyl (C=O) groups is 1. The summed E-state index contributed by atoms with van der Waals surface area (Å²) in [7, 11) is -2.90. The Bertz CT molecular complexity index is 795. The van der Waals surface area contributed by atoms with Gasteiger partial charge in [0.15, 0.2) is 16.4 Å². The van der Waals surface area contributed by atoms with E-state index in [1.807, 2.05) is 0 Å². The number of carbonyl (C=O) groups excluding carboxylic acids is 1. The first-order valence-electron chi connectivity index (χ1n) is 8.28. The highest BCUT2D eigenvalue weighted by atomic mass is 32.2. The first-order valence-corrected chi connectivity index (χ1v) is 10.1. The van der Waals surface area contributed by atoms with Crippen molar-refractivity contribution in [2.45, 2.75) is 19.4 Å². The van der Waals surface area contributed by atoms with Crippen molar-refractivity contribution in [2.75, 3.05) is 44.3 Å². The fourth-order valence-electron chi connectivity index (χ4n) is 3.23. The summed E-state index contributed by atoms with van der Waals surface area (Å²) in [6.45, 7) is 3.80. The minimum Gasteiger partial charge on any atom is -0.477 e. The first-order chi connectivity index (χ1) is 11.8. The van der Waals surface area contributed by atoms with Crippen molar-refractivity contribution in [1.82, 2.24) is 9.80 Å². The molecule has 1 aromatic heterocycles. The number of hydrogen-bond acceptors (Lipinski definition) is 7. The van der Waals surface area contributed by atoms with E-state index in [2.05, 4.69) is 4.90 Å². The maximum atomic E-state index is 12.2. The van der Waals surface area contributed by atoms with E-state index >= 15 is 0 Å². The Balaban J connectivity index is 1.48. The second-order valence-corrected chi connectivity index (χ2v) is 8.71. The third kappa shape index (κ3) is 4.40. The number of aryl methyl sites for hydroxylation is 1. The molecule has 0 aliphatic carbocycles. The molecule has 3 heterocycles. The van der Waals surface area contributed by atoms with Gasteiger partial charge in [0.2, 0.25) is 11.2 Å². The molecule has 1 amide bonds. The SMILES string of the molecule is Cc1cc(=O)c(OCC(=O)N2CCN([C@@H]3CCS(=O)(=O)C3)CC2)co1. The Morgan fingerprint density at radius 1 is 1.32 bits per heavy atom. The lowest BCUT2D eigenvalue weighted by Gasteiger charge is -2.37. The van der Waals surface area contributed by atoms with Crippen molar-refractivity contribution in [3.8, 4) is 5.75 Å². The molecular formula is C16H22N2O6S. The molecule has 0 saturated carbocycles. The zero-order valence-corrected chi connectivity index (χ0v) is 15.0. The molecule has 0 unspecified atom stereocenters. The molecule has 2 aliphatic rings. The maximum Gasteiger partial charge on any atom is 0.260 e. The molecule has 3 rings (SSSR count). The number of sulfone groups is 1. The van der Waals surface area contributed by atoms with Gasteiger partial charge in [0.25, 0.3) is 5.91 Å². The Labute approximate surface area is 146 Å². The van der Waals surface area contributed by atoms with Crippen LogP contribution in [0, 0.1) is 6.92 Å². The van der Waals surface area contributed by atoms with Crippen LogP contribution in [0.1, 0.15) is 12.2 Å². The van der Waals surface area contributed by atoms with Crippen LogP contribution in [0.15, 0.2) is 21.5 Å². The minimum atomic E-state index is -2.90. The molecule has 25 heavy (non-hydrogen) atoms. The van der Waals surface area contributed by atoms with E-state index in [1.54, 1.807) is 11.8 Å². The topological polar surface area (TPSA) is 97.1 Å². The summed E-state index contributed by atoms with van der Waals surface area (Å²) in [5.41, 5.74) is -0.316. The van der Waals surface area contributed by atoms with Crippen molar-refractivity contribution in [3.63, 3.8) is 0 Å². The van der Waals surface area contributed by atoms with Crippen molar-refractivity contribution in [2.24, 2.45) is 0 Å². The van der Waals surface area contributed by atoms with Crippen molar-refractivity contribution < 1.29 is 22.4 Å². The van der Waals surface area contributed by atoms with E-state index in [0.29, 0.717) is 38.4 Å². The van der Waals surface area contributed by atoms with Gasteiger partial charge in [0.1, 0.15) is 12.0 Å². The van der Waals surface area contributed by atoms with E-state index in [9.17, 15) is 18.0 Å². The van der Waals surface area contributed by atoms with Crippen LogP contribution in [0.5, 0.6) is 5.75 Å². The Kier molecular flexibility index (Phi) is 5.14. The van der Waals surface area contributed by atoms with Crippen LogP contribution in [0.3, 0.4) is 0 Å². The monoisotopic (exact) mass is 370 g/mol. The lowest BCUT2D eigenvalue weighted by Crippen LogP contribution is -2.53. The van der Waals surface area contributed by atoms with Crippen molar-refractivity contribution in [1.29, 1.82) is 0 Å². The summed E-state index contributed by atoms with van der Waals surface area (Å²) in [6, 6.07) is 1.38. The first kappa shape index (κ1) is 17.9. The minimum absolute atomic E-state index is 0.0220. The number of ether oxygens (including phenoxy) is 1. The smallest absolute Gasteiger partial charge is 0.260 e. The average molecular weight is 370 g/mol. The largest absolute Gasteiger partial charge is 0.477 e. The van der Waals surface area contributed by atoms with Crippen LogP contribution < -0.4 is 10.2 Å². The average Bonchev–Trinajstić information content (AvgIpc) is 2.94. The fraction of sp³-hybridized carbons (Fsp3) is 0.625. The Hall–Kier alpha value is -1.87. The fourth-order valence-corrected chi connectivity index (χ4v) is 4.99. The molecule has 2 saturated heterocycles. The van der Waals surface area contributed by atoms with Gasteiger partial charge < -0.3 is 14.1 Å². The Morgan fingerprint density at radius 3 is 2.64 bits per heavy atom. The molecule has 8 nitrogen and oxygen atoms in total. The summed E-state index contributed by atoms with van der Waals surface area (Å²) < 4.78 is 33.5. The van der Waals surface area contributed by atoms with Crippen LogP contribution in [-0.4, -0.2) is 74.5 Å². The quantitative estimate of drug-likeness (QED) is 0.715. The van der Waals surface area contributed by atoms with Gasteiger partial charge in [0, 0.05) is 38.3 Å². The van der Waals surface area contributed by atoms with Crippen LogP contribution in [0.25, 0.3) is 0 Å². The molecule has 0 aromatic carbocycles. The third-order valence-electron chi connectivity index (χ3n) is 4.67. The lowest BCUT2D eigenvalue weighted by atomic mass is 10.2. The van der Waals surface area contributed by atoms with Gasteiger partial charge in [-0.2, -0.15) is 0 Å². The lowest BCUT2D eigenvalue weighted by molar-refractivity contribution is -0.135. The number of amides is 1. The molecule has 0 radical (unpaired) electrons. The number of hydrogen-bond donors (Lipinski definition) is 0. The molecule has 138 valence electrons. The highest BCUT2D eigenvalue weighted by molar-refractivity contribution is 7.91. The molecule has 2 fully saturated rings. The summed E-state index contributed by atoms with van der Waals surface area (Å²) >= 11 is 0. The normalized spacial score (nSPS) is 23.6. The van der Waals surface area contributed by atoms with Crippen LogP contribution in [0.2, 0.25) is 0 Å². The predicted octanol–water partition coefficient (Wildman–Crippen LogP) is -0.342. The summed E-state index contributed by atoms with van der Waals surface area (Å²) in [6.07, 6.45) is 1.88. The summed E-state index contributed by atoms with van der Waals surface area (Å²) in [5.74, 6) is 0.776. The highest BCUT2D eigenvalue weighted by Gasteiger charge is 2.34. The van der Waals surface area contributed by atoms with Gasteiger partial charge in [-0.1, -0.05) is 0 Å². The van der Waals surface area contributed by atoms with Gasteiger partial charge in [-0.15, -0.1) is 0 Å². The molecule has 1 atom stereocenters. The van der Waals surface area contributed by atoms with Crippen molar-refractivity contribution >= 4 is 15.7 Å². The van der Waals surface area contributed by atoms with Crippen LogP contribution in [0.4, 0.5) is 0 Å². The van der Waals surface area contributed by atoms with E-state index in [4.69, 9.17) is 9.15 Å².